The number of benzene rings is 1. The third-order valence-corrected chi connectivity index (χ3v) is 7.23. The average molecular weight is 415 g/mol. The molecule has 29 heavy (non-hydrogen) atoms. The molecule has 0 atom stereocenters. The highest BCUT2D eigenvalue weighted by Crippen LogP contribution is 2.40. The zero-order valence-corrected chi connectivity index (χ0v) is 17.4. The van der Waals surface area contributed by atoms with Crippen molar-refractivity contribution >= 4 is 0 Å². The summed E-state index contributed by atoms with van der Waals surface area (Å²) in [5, 5.41) is 0. The highest BCUT2D eigenvalue weighted by molar-refractivity contribution is 5.30. The molecule has 0 aromatic heterocycles. The molecule has 164 valence electrons. The fourth-order valence-corrected chi connectivity index (χ4v) is 5.19. The van der Waals surface area contributed by atoms with Gasteiger partial charge in [0.15, 0.2) is 0 Å². The Labute approximate surface area is 172 Å². The normalized spacial score (nSPS) is 28.5. The first-order chi connectivity index (χ1) is 13.9. The van der Waals surface area contributed by atoms with Gasteiger partial charge in [0.05, 0.1) is 0 Å². The molecule has 0 unspecified atom stereocenters. The first kappa shape index (κ1) is 22.4. The van der Waals surface area contributed by atoms with Gasteiger partial charge in [0.2, 0.25) is 0 Å². The summed E-state index contributed by atoms with van der Waals surface area (Å²) in [6, 6.07) is 6.25. The minimum Gasteiger partial charge on any atom is -0.428 e. The molecule has 1 nitrogen and oxygen atoms in total. The molecule has 1 aromatic carbocycles. The number of ether oxygens (including phenoxy) is 1. The van der Waals surface area contributed by atoms with Crippen molar-refractivity contribution in [3.8, 4) is 5.75 Å². The van der Waals surface area contributed by atoms with Crippen LogP contribution < -0.4 is 4.74 Å². The van der Waals surface area contributed by atoms with Gasteiger partial charge in [-0.05, 0) is 67.1 Å². The second kappa shape index (κ2) is 10.2. The largest absolute Gasteiger partial charge is 0.461 e. The van der Waals surface area contributed by atoms with Crippen molar-refractivity contribution in [1.29, 1.82) is 0 Å². The molecular formula is C24H34F4O. The average Bonchev–Trinajstić information content (AvgIpc) is 2.73. The summed E-state index contributed by atoms with van der Waals surface area (Å²) in [7, 11) is 0. The van der Waals surface area contributed by atoms with Crippen LogP contribution in [0.5, 0.6) is 5.75 Å². The Bertz CT molecular complexity index is 600. The van der Waals surface area contributed by atoms with E-state index in [2.05, 4.69) is 11.7 Å². The van der Waals surface area contributed by atoms with E-state index in [9.17, 15) is 17.6 Å². The molecule has 0 bridgehead atoms. The van der Waals surface area contributed by atoms with Crippen LogP contribution in [0.4, 0.5) is 17.6 Å². The van der Waals surface area contributed by atoms with Crippen molar-refractivity contribution in [2.45, 2.75) is 96.0 Å². The lowest BCUT2D eigenvalue weighted by atomic mass is 9.74. The molecule has 0 spiro atoms. The van der Waals surface area contributed by atoms with Gasteiger partial charge >= 0.3 is 12.5 Å². The predicted molar refractivity (Wildman–Crippen MR) is 108 cm³/mol. The highest BCUT2D eigenvalue weighted by Gasteiger charge is 2.44. The molecule has 2 saturated carbocycles. The Morgan fingerprint density at radius 2 is 1.31 bits per heavy atom. The van der Waals surface area contributed by atoms with Gasteiger partial charge in [-0.25, -0.2) is 0 Å². The minimum atomic E-state index is -4.45. The van der Waals surface area contributed by atoms with Gasteiger partial charge in [0.1, 0.15) is 5.75 Å². The molecule has 1 aromatic rings. The number of hydrogen-bond donors (Lipinski definition) is 0. The predicted octanol–water partition coefficient (Wildman–Crippen LogP) is 8.19. The Morgan fingerprint density at radius 3 is 1.79 bits per heavy atom. The van der Waals surface area contributed by atoms with Crippen molar-refractivity contribution in [1.82, 2.24) is 0 Å². The van der Waals surface area contributed by atoms with Gasteiger partial charge in [-0.1, -0.05) is 64.0 Å². The Morgan fingerprint density at radius 1 is 0.828 bits per heavy atom. The van der Waals surface area contributed by atoms with Crippen molar-refractivity contribution in [2.24, 2.45) is 17.8 Å². The van der Waals surface area contributed by atoms with Crippen LogP contribution in [0.3, 0.4) is 0 Å². The van der Waals surface area contributed by atoms with Crippen LogP contribution in [0.25, 0.3) is 0 Å². The molecule has 2 aliphatic carbocycles. The third kappa shape index (κ3) is 6.36. The van der Waals surface area contributed by atoms with Crippen LogP contribution in [0.1, 0.15) is 89.0 Å². The maximum atomic E-state index is 13.0. The summed E-state index contributed by atoms with van der Waals surface area (Å²) in [6.07, 6.45) is 6.06. The second-order valence-corrected chi connectivity index (χ2v) is 9.12. The first-order valence-electron chi connectivity index (χ1n) is 11.3. The van der Waals surface area contributed by atoms with E-state index in [0.29, 0.717) is 5.92 Å². The molecule has 2 fully saturated rings. The summed E-state index contributed by atoms with van der Waals surface area (Å²) in [5.41, 5.74) is 1.09. The molecular weight excluding hydrogens is 380 g/mol. The summed E-state index contributed by atoms with van der Waals surface area (Å²) in [6.45, 7) is 2.31. The Kier molecular flexibility index (Phi) is 7.86. The summed E-state index contributed by atoms with van der Waals surface area (Å²) < 4.78 is 54.6. The van der Waals surface area contributed by atoms with Crippen LogP contribution in [0.2, 0.25) is 0 Å². The SMILES string of the molecule is CC[C@H]1CC[C@H](CC[C@H]2CC[C@H](c3ccc(OC(F)(F)C(F)F)cc3)CC2)CC1. The van der Waals surface area contributed by atoms with E-state index in [1.807, 2.05) is 0 Å². The summed E-state index contributed by atoms with van der Waals surface area (Å²) >= 11 is 0. The summed E-state index contributed by atoms with van der Waals surface area (Å²) in [5.74, 6) is 2.90. The lowest BCUT2D eigenvalue weighted by molar-refractivity contribution is -0.253. The molecule has 0 N–H and O–H groups in total. The standard InChI is InChI=1S/C24H34F4O/c1-2-17-3-5-18(6-4-17)7-8-19-9-11-20(12-10-19)21-13-15-22(16-14-21)29-24(27,28)23(25)26/h13-20,23H,2-12H2,1H3/t17-,18-,19-,20-. The fraction of sp³-hybridized carbons (Fsp3) is 0.750. The van der Waals surface area contributed by atoms with Crippen molar-refractivity contribution in [3.63, 3.8) is 0 Å². The van der Waals surface area contributed by atoms with E-state index in [1.54, 1.807) is 12.1 Å². The number of rotatable bonds is 8. The van der Waals surface area contributed by atoms with Gasteiger partial charge < -0.3 is 4.74 Å². The van der Waals surface area contributed by atoms with E-state index in [0.717, 1.165) is 36.2 Å². The van der Waals surface area contributed by atoms with Crippen molar-refractivity contribution in [2.75, 3.05) is 0 Å². The molecule has 2 aliphatic rings. The minimum absolute atomic E-state index is 0.217. The van der Waals surface area contributed by atoms with E-state index >= 15 is 0 Å². The zero-order valence-electron chi connectivity index (χ0n) is 17.4. The maximum absolute atomic E-state index is 13.0. The van der Waals surface area contributed by atoms with Crippen LogP contribution in [-0.4, -0.2) is 12.5 Å². The highest BCUT2D eigenvalue weighted by atomic mass is 19.3. The number of hydrogen-bond acceptors (Lipinski definition) is 1. The molecule has 0 aliphatic heterocycles. The van der Waals surface area contributed by atoms with Gasteiger partial charge in [0.25, 0.3) is 0 Å². The van der Waals surface area contributed by atoms with E-state index in [1.165, 1.54) is 69.9 Å². The molecule has 3 rings (SSSR count). The molecule has 5 heteroatoms. The van der Waals surface area contributed by atoms with E-state index in [-0.39, 0.29) is 5.75 Å². The van der Waals surface area contributed by atoms with Crippen molar-refractivity contribution in [3.05, 3.63) is 29.8 Å². The third-order valence-electron chi connectivity index (χ3n) is 7.23. The van der Waals surface area contributed by atoms with Crippen molar-refractivity contribution < 1.29 is 22.3 Å². The smallest absolute Gasteiger partial charge is 0.428 e. The van der Waals surface area contributed by atoms with Gasteiger partial charge in [-0.3, -0.25) is 0 Å². The van der Waals surface area contributed by atoms with E-state index in [4.69, 9.17) is 0 Å². The molecule has 0 amide bonds. The van der Waals surface area contributed by atoms with Crippen LogP contribution in [0.15, 0.2) is 24.3 Å². The lowest BCUT2D eigenvalue weighted by Crippen LogP contribution is -2.33. The van der Waals surface area contributed by atoms with Gasteiger partial charge in [0, 0.05) is 0 Å². The van der Waals surface area contributed by atoms with Gasteiger partial charge in [-0.15, -0.1) is 0 Å². The van der Waals surface area contributed by atoms with Gasteiger partial charge in [-0.2, -0.15) is 17.6 Å². The lowest BCUT2D eigenvalue weighted by Gasteiger charge is -2.32. The monoisotopic (exact) mass is 414 g/mol. The number of halogens is 4. The first-order valence-corrected chi connectivity index (χ1v) is 11.3. The molecule has 0 radical (unpaired) electrons. The molecule has 0 heterocycles. The van der Waals surface area contributed by atoms with Crippen LogP contribution in [-0.2, 0) is 0 Å². The maximum Gasteiger partial charge on any atom is 0.461 e. The Balaban J connectivity index is 1.40. The quantitative estimate of drug-likeness (QED) is 0.390. The van der Waals surface area contributed by atoms with E-state index < -0.39 is 12.5 Å². The fourth-order valence-electron chi connectivity index (χ4n) is 5.19. The van der Waals surface area contributed by atoms with Crippen LogP contribution in [0, 0.1) is 17.8 Å². The van der Waals surface area contributed by atoms with Crippen LogP contribution >= 0.6 is 0 Å². The Hall–Kier alpha value is -1.26. The second-order valence-electron chi connectivity index (χ2n) is 9.12. The topological polar surface area (TPSA) is 9.23 Å². The number of alkyl halides is 4. The summed E-state index contributed by atoms with van der Waals surface area (Å²) in [4.78, 5) is 0. The molecule has 0 saturated heterocycles. The zero-order chi connectivity index (χ0) is 20.9.